The number of aromatic amines is 1. The van der Waals surface area contributed by atoms with Crippen LogP contribution in [0.1, 0.15) is 41.5 Å². The first-order valence-corrected chi connectivity index (χ1v) is 10.7. The first-order valence-electron chi connectivity index (χ1n) is 10.7. The Kier molecular flexibility index (Phi) is 6.83. The highest BCUT2D eigenvalue weighted by Crippen LogP contribution is 2.30. The van der Waals surface area contributed by atoms with Crippen LogP contribution in [0.5, 0.6) is 5.75 Å². The van der Waals surface area contributed by atoms with Gasteiger partial charge in [-0.15, -0.1) is 0 Å². The number of hydrogen-bond acceptors (Lipinski definition) is 6. The fraction of sp³-hybridized carbons (Fsp3) is 0.500. The zero-order valence-corrected chi connectivity index (χ0v) is 17.8. The molecule has 9 heteroatoms. The van der Waals surface area contributed by atoms with Crippen molar-refractivity contribution in [3.8, 4) is 5.75 Å². The average Bonchev–Trinajstić information content (AvgIpc) is 3.30. The molecule has 1 aromatic carbocycles. The fourth-order valence-corrected chi connectivity index (χ4v) is 4.14. The van der Waals surface area contributed by atoms with Gasteiger partial charge in [-0.1, -0.05) is 6.42 Å². The Balaban J connectivity index is 1.39. The van der Waals surface area contributed by atoms with Gasteiger partial charge in [0.25, 0.3) is 5.91 Å². The van der Waals surface area contributed by atoms with Crippen LogP contribution in [-0.4, -0.2) is 78.3 Å². The first kappa shape index (κ1) is 21.3. The zero-order chi connectivity index (χ0) is 21.6. The van der Waals surface area contributed by atoms with Crippen LogP contribution in [-0.2, 0) is 9.53 Å². The molecule has 2 fully saturated rings. The Morgan fingerprint density at radius 1 is 1.19 bits per heavy atom. The Morgan fingerprint density at radius 3 is 2.71 bits per heavy atom. The van der Waals surface area contributed by atoms with E-state index in [1.165, 1.54) is 0 Å². The van der Waals surface area contributed by atoms with Crippen molar-refractivity contribution in [1.29, 1.82) is 0 Å². The minimum Gasteiger partial charge on any atom is -0.497 e. The quantitative estimate of drug-likeness (QED) is 0.732. The summed E-state index contributed by atoms with van der Waals surface area (Å²) in [4.78, 5) is 29.3. The number of anilines is 1. The fourth-order valence-electron chi connectivity index (χ4n) is 4.14. The van der Waals surface area contributed by atoms with Crippen LogP contribution in [0.25, 0.3) is 0 Å². The summed E-state index contributed by atoms with van der Waals surface area (Å²) in [7, 11) is 1.61. The van der Waals surface area contributed by atoms with E-state index in [1.807, 2.05) is 30.3 Å². The van der Waals surface area contributed by atoms with Crippen LogP contribution in [0.3, 0.4) is 0 Å². The molecule has 0 saturated carbocycles. The average molecular weight is 428 g/mol. The monoisotopic (exact) mass is 427 g/mol. The zero-order valence-electron chi connectivity index (χ0n) is 17.8. The third-order valence-corrected chi connectivity index (χ3v) is 5.81. The van der Waals surface area contributed by atoms with Gasteiger partial charge in [0.05, 0.1) is 38.6 Å². The molecule has 2 saturated heterocycles. The van der Waals surface area contributed by atoms with Gasteiger partial charge in [0.15, 0.2) is 0 Å². The van der Waals surface area contributed by atoms with E-state index in [0.717, 1.165) is 42.9 Å². The Labute approximate surface area is 181 Å². The van der Waals surface area contributed by atoms with E-state index in [1.54, 1.807) is 12.0 Å². The summed E-state index contributed by atoms with van der Waals surface area (Å²) in [5.74, 6) is 0.599. The van der Waals surface area contributed by atoms with Crippen molar-refractivity contribution in [3.05, 3.63) is 41.7 Å². The van der Waals surface area contributed by atoms with Crippen molar-refractivity contribution < 1.29 is 19.1 Å². The minimum absolute atomic E-state index is 0.0362. The number of nitrogens with zero attached hydrogens (tertiary/aromatic N) is 3. The Hall–Kier alpha value is -2.91. The second kappa shape index (κ2) is 9.93. The number of aromatic nitrogens is 2. The predicted octanol–water partition coefficient (Wildman–Crippen LogP) is 2.06. The summed E-state index contributed by atoms with van der Waals surface area (Å²) < 4.78 is 10.5. The molecular weight excluding hydrogens is 398 g/mol. The normalized spacial score (nSPS) is 19.8. The second-order valence-electron chi connectivity index (χ2n) is 7.87. The SMILES string of the molecule is COc1ccc(NC(=O)CN2CCCCC2c2cc(C(=O)N3CCOCC3)n[nH]2)cc1. The van der Waals surface area contributed by atoms with Crippen LogP contribution in [0.4, 0.5) is 5.69 Å². The predicted molar refractivity (Wildman–Crippen MR) is 115 cm³/mol. The van der Waals surface area contributed by atoms with Crippen LogP contribution in [0, 0.1) is 0 Å². The molecule has 3 heterocycles. The van der Waals surface area contributed by atoms with Crippen molar-refractivity contribution in [2.24, 2.45) is 0 Å². The van der Waals surface area contributed by atoms with E-state index in [0.29, 0.717) is 32.0 Å². The molecule has 0 radical (unpaired) electrons. The largest absolute Gasteiger partial charge is 0.497 e. The number of benzene rings is 1. The Morgan fingerprint density at radius 2 is 1.97 bits per heavy atom. The van der Waals surface area contributed by atoms with Crippen LogP contribution in [0.15, 0.2) is 30.3 Å². The van der Waals surface area contributed by atoms with Gasteiger partial charge >= 0.3 is 0 Å². The number of H-pyrrole nitrogens is 1. The first-order chi connectivity index (χ1) is 15.1. The molecule has 31 heavy (non-hydrogen) atoms. The lowest BCUT2D eigenvalue weighted by Crippen LogP contribution is -2.40. The van der Waals surface area contributed by atoms with Gasteiger partial charge < -0.3 is 19.7 Å². The van der Waals surface area contributed by atoms with Gasteiger partial charge in [-0.05, 0) is 49.7 Å². The number of nitrogens with one attached hydrogen (secondary N) is 2. The molecule has 9 nitrogen and oxygen atoms in total. The van der Waals surface area contributed by atoms with Crippen molar-refractivity contribution in [2.45, 2.75) is 25.3 Å². The molecule has 2 amide bonds. The van der Waals surface area contributed by atoms with Crippen molar-refractivity contribution in [1.82, 2.24) is 20.0 Å². The number of methoxy groups -OCH3 is 1. The molecule has 4 rings (SSSR count). The summed E-state index contributed by atoms with van der Waals surface area (Å²) in [5.41, 5.74) is 2.04. The summed E-state index contributed by atoms with van der Waals surface area (Å²) in [6.45, 7) is 3.39. The van der Waals surface area contributed by atoms with Crippen LogP contribution >= 0.6 is 0 Å². The summed E-state index contributed by atoms with van der Waals surface area (Å²) in [5, 5.41) is 10.3. The van der Waals surface area contributed by atoms with Crippen LogP contribution < -0.4 is 10.1 Å². The molecule has 1 aromatic heterocycles. The number of likely N-dealkylation sites (tertiary alicyclic amines) is 1. The summed E-state index contributed by atoms with van der Waals surface area (Å²) >= 11 is 0. The summed E-state index contributed by atoms with van der Waals surface area (Å²) in [6, 6.07) is 9.15. The highest BCUT2D eigenvalue weighted by Gasteiger charge is 2.29. The van der Waals surface area contributed by atoms with Crippen molar-refractivity contribution >= 4 is 17.5 Å². The van der Waals surface area contributed by atoms with Gasteiger partial charge in [-0.2, -0.15) is 5.10 Å². The van der Waals surface area contributed by atoms with Gasteiger partial charge in [-0.25, -0.2) is 0 Å². The molecule has 0 bridgehead atoms. The maximum absolute atomic E-state index is 12.7. The van der Waals surface area contributed by atoms with Crippen molar-refractivity contribution in [3.63, 3.8) is 0 Å². The lowest BCUT2D eigenvalue weighted by molar-refractivity contribution is -0.118. The minimum atomic E-state index is -0.0783. The Bertz CT molecular complexity index is 892. The number of rotatable bonds is 6. The molecule has 2 aliphatic heterocycles. The lowest BCUT2D eigenvalue weighted by Gasteiger charge is -2.34. The number of hydrogen-bond donors (Lipinski definition) is 2. The van der Waals surface area contributed by atoms with Gasteiger partial charge in [0, 0.05) is 18.8 Å². The van der Waals surface area contributed by atoms with E-state index in [-0.39, 0.29) is 24.4 Å². The molecule has 2 aliphatic rings. The van der Waals surface area contributed by atoms with E-state index < -0.39 is 0 Å². The van der Waals surface area contributed by atoms with Gasteiger partial charge in [-0.3, -0.25) is 19.6 Å². The van der Waals surface area contributed by atoms with Gasteiger partial charge in [0.2, 0.25) is 5.91 Å². The van der Waals surface area contributed by atoms with Crippen LogP contribution in [0.2, 0.25) is 0 Å². The third-order valence-electron chi connectivity index (χ3n) is 5.81. The number of piperidine rings is 1. The number of ether oxygens (including phenoxy) is 2. The molecule has 1 unspecified atom stereocenters. The highest BCUT2D eigenvalue weighted by molar-refractivity contribution is 5.93. The van der Waals surface area contributed by atoms with E-state index in [9.17, 15) is 9.59 Å². The molecule has 2 aromatic rings. The maximum atomic E-state index is 12.7. The topological polar surface area (TPSA) is 99.8 Å². The third kappa shape index (κ3) is 5.23. The van der Waals surface area contributed by atoms with E-state index >= 15 is 0 Å². The standard InChI is InChI=1S/C22H29N5O4/c1-30-17-7-5-16(6-8-17)23-21(28)15-27-9-3-2-4-20(27)18-14-19(25-24-18)22(29)26-10-12-31-13-11-26/h5-8,14,20H,2-4,9-13,15H2,1H3,(H,23,28)(H,24,25). The molecule has 1 atom stereocenters. The number of amides is 2. The number of carbonyl (C=O) groups is 2. The van der Waals surface area contributed by atoms with E-state index in [4.69, 9.17) is 9.47 Å². The maximum Gasteiger partial charge on any atom is 0.274 e. The molecule has 166 valence electrons. The van der Waals surface area contributed by atoms with Crippen molar-refractivity contribution in [2.75, 3.05) is 51.8 Å². The molecule has 2 N–H and O–H groups in total. The molecule has 0 spiro atoms. The van der Waals surface area contributed by atoms with E-state index in [2.05, 4.69) is 20.4 Å². The highest BCUT2D eigenvalue weighted by atomic mass is 16.5. The summed E-state index contributed by atoms with van der Waals surface area (Å²) in [6.07, 6.45) is 3.04. The molecule has 0 aliphatic carbocycles. The smallest absolute Gasteiger partial charge is 0.274 e. The lowest BCUT2D eigenvalue weighted by atomic mass is 9.99. The number of morpholine rings is 1. The second-order valence-corrected chi connectivity index (χ2v) is 7.87. The number of carbonyl (C=O) groups excluding carboxylic acids is 2. The molecular formula is C22H29N5O4. The van der Waals surface area contributed by atoms with Gasteiger partial charge in [0.1, 0.15) is 11.4 Å².